The summed E-state index contributed by atoms with van der Waals surface area (Å²) < 4.78 is 5.06. The van der Waals surface area contributed by atoms with E-state index in [2.05, 4.69) is 16.7 Å². The molecule has 0 radical (unpaired) electrons. The fourth-order valence-electron chi connectivity index (χ4n) is 5.45. The van der Waals surface area contributed by atoms with E-state index in [9.17, 15) is 14.4 Å². The molecule has 1 spiro atoms. The Labute approximate surface area is 219 Å². The van der Waals surface area contributed by atoms with E-state index < -0.39 is 12.1 Å². The number of hydrogen-bond acceptors (Lipinski definition) is 4. The van der Waals surface area contributed by atoms with Crippen LogP contribution in [0.5, 0.6) is 0 Å². The van der Waals surface area contributed by atoms with Crippen molar-refractivity contribution in [3.8, 4) is 0 Å². The normalized spacial score (nSPS) is 17.4. The van der Waals surface area contributed by atoms with E-state index in [-0.39, 0.29) is 24.0 Å². The molecule has 4 amide bonds. The third-order valence-electron chi connectivity index (χ3n) is 7.63. The number of amides is 4. The maximum absolute atomic E-state index is 13.5. The third-order valence-corrected chi connectivity index (χ3v) is 7.63. The van der Waals surface area contributed by atoms with Gasteiger partial charge in [-0.05, 0) is 62.6 Å². The number of likely N-dealkylation sites (tertiary alicyclic amines) is 2. The first-order valence-corrected chi connectivity index (χ1v) is 13.2. The van der Waals surface area contributed by atoms with Crippen molar-refractivity contribution in [3.05, 3.63) is 65.2 Å². The van der Waals surface area contributed by atoms with Gasteiger partial charge < -0.3 is 25.2 Å². The number of hydrogen-bond donors (Lipinski definition) is 2. The number of aryl methyl sites for hydroxylation is 2. The summed E-state index contributed by atoms with van der Waals surface area (Å²) in [6.07, 6.45) is 2.45. The fraction of sp³-hybridized carbons (Fsp3) is 0.483. The largest absolute Gasteiger partial charge is 0.450 e. The molecule has 37 heavy (non-hydrogen) atoms. The quantitative estimate of drug-likeness (QED) is 0.603. The van der Waals surface area contributed by atoms with Gasteiger partial charge in [-0.15, -0.1) is 0 Å². The van der Waals surface area contributed by atoms with E-state index in [4.69, 9.17) is 4.74 Å². The van der Waals surface area contributed by atoms with Crippen LogP contribution in [0.2, 0.25) is 0 Å². The Balaban J connectivity index is 1.35. The van der Waals surface area contributed by atoms with Crippen LogP contribution in [-0.2, 0) is 16.0 Å². The molecule has 8 nitrogen and oxygen atoms in total. The van der Waals surface area contributed by atoms with Crippen molar-refractivity contribution < 1.29 is 19.1 Å². The number of rotatable bonds is 6. The van der Waals surface area contributed by atoms with Gasteiger partial charge >= 0.3 is 12.1 Å². The van der Waals surface area contributed by atoms with Gasteiger partial charge in [0.25, 0.3) is 0 Å². The minimum absolute atomic E-state index is 0.00738. The monoisotopic (exact) mass is 506 g/mol. The molecule has 4 rings (SSSR count). The Bertz CT molecular complexity index is 1110. The van der Waals surface area contributed by atoms with Gasteiger partial charge in [0.15, 0.2) is 0 Å². The topological polar surface area (TPSA) is 91.0 Å². The van der Waals surface area contributed by atoms with E-state index in [1.165, 1.54) is 5.56 Å². The van der Waals surface area contributed by atoms with Gasteiger partial charge in [-0.25, -0.2) is 9.59 Å². The summed E-state index contributed by atoms with van der Waals surface area (Å²) in [5.41, 5.74) is 4.04. The Morgan fingerprint density at radius 1 is 0.973 bits per heavy atom. The van der Waals surface area contributed by atoms with Crippen molar-refractivity contribution in [2.24, 2.45) is 5.41 Å². The number of anilines is 1. The van der Waals surface area contributed by atoms with Gasteiger partial charge in [-0.1, -0.05) is 48.0 Å². The van der Waals surface area contributed by atoms with Gasteiger partial charge in [0.05, 0.1) is 6.61 Å². The Morgan fingerprint density at radius 3 is 2.30 bits per heavy atom. The molecule has 2 aromatic rings. The Morgan fingerprint density at radius 2 is 1.65 bits per heavy atom. The van der Waals surface area contributed by atoms with Crippen LogP contribution in [0, 0.1) is 19.3 Å². The van der Waals surface area contributed by atoms with Crippen LogP contribution >= 0.6 is 0 Å². The number of carbonyl (C=O) groups is 3. The molecule has 2 heterocycles. The summed E-state index contributed by atoms with van der Waals surface area (Å²) in [4.78, 5) is 42.4. The number of ether oxygens (including phenoxy) is 1. The lowest BCUT2D eigenvalue weighted by molar-refractivity contribution is -0.132. The molecule has 1 atom stereocenters. The lowest BCUT2D eigenvalue weighted by Gasteiger charge is -2.39. The molecule has 2 aliphatic rings. The zero-order chi connectivity index (χ0) is 26.4. The molecule has 2 N–H and O–H groups in total. The van der Waals surface area contributed by atoms with Gasteiger partial charge in [0.1, 0.15) is 6.04 Å². The van der Waals surface area contributed by atoms with Crippen LogP contribution in [0.4, 0.5) is 15.3 Å². The predicted octanol–water partition coefficient (Wildman–Crippen LogP) is 4.51. The van der Waals surface area contributed by atoms with Crippen LogP contribution in [-0.4, -0.2) is 66.7 Å². The number of alkyl carbamates (subject to hydrolysis) is 1. The summed E-state index contributed by atoms with van der Waals surface area (Å²) in [6.45, 7) is 8.65. The molecule has 8 heteroatoms. The summed E-state index contributed by atoms with van der Waals surface area (Å²) in [5.74, 6) is -0.0798. The number of carbonyl (C=O) groups excluding carboxylic acids is 3. The highest BCUT2D eigenvalue weighted by Crippen LogP contribution is 2.40. The number of nitrogens with zero attached hydrogens (tertiary/aromatic N) is 2. The molecule has 0 bridgehead atoms. The van der Waals surface area contributed by atoms with E-state index in [0.29, 0.717) is 32.6 Å². The molecule has 2 saturated heterocycles. The molecular weight excluding hydrogens is 468 g/mol. The van der Waals surface area contributed by atoms with Crippen LogP contribution in [0.25, 0.3) is 0 Å². The zero-order valence-electron chi connectivity index (χ0n) is 22.1. The first-order valence-electron chi connectivity index (χ1n) is 13.2. The first kappa shape index (κ1) is 26.5. The van der Waals surface area contributed by atoms with E-state index >= 15 is 0 Å². The maximum Gasteiger partial charge on any atom is 0.407 e. The molecule has 2 aliphatic heterocycles. The second-order valence-electron chi connectivity index (χ2n) is 10.4. The lowest BCUT2D eigenvalue weighted by atomic mass is 9.78. The van der Waals surface area contributed by atoms with Gasteiger partial charge in [0, 0.05) is 38.3 Å². The van der Waals surface area contributed by atoms with Crippen LogP contribution in [0.3, 0.4) is 0 Å². The van der Waals surface area contributed by atoms with E-state index in [1.807, 2.05) is 66.1 Å². The van der Waals surface area contributed by atoms with Crippen molar-refractivity contribution in [2.45, 2.75) is 52.5 Å². The van der Waals surface area contributed by atoms with Crippen LogP contribution in [0.15, 0.2) is 48.5 Å². The highest BCUT2D eigenvalue weighted by Gasteiger charge is 2.44. The zero-order valence-corrected chi connectivity index (χ0v) is 22.1. The number of nitrogens with one attached hydrogen (secondary N) is 2. The molecule has 2 fully saturated rings. The van der Waals surface area contributed by atoms with Crippen molar-refractivity contribution in [3.63, 3.8) is 0 Å². The average Bonchev–Trinajstić information content (AvgIpc) is 3.29. The highest BCUT2D eigenvalue weighted by atomic mass is 16.5. The standard InChI is InChI=1S/C29H38N4O4/c1-4-37-28(36)31-25(19-23-8-6-5-7-9-23)26(34)33-17-14-29(20-33)12-15-32(16-13-29)27(35)30-24-11-10-21(2)18-22(24)3/h5-11,18,25H,4,12-17,19-20H2,1-3H3,(H,30,35)(H,31,36)/t25-/m0/s1. The Hall–Kier alpha value is -3.55. The van der Waals surface area contributed by atoms with Crippen molar-refractivity contribution in [2.75, 3.05) is 38.1 Å². The number of urea groups is 1. The third kappa shape index (κ3) is 6.61. The molecule has 0 saturated carbocycles. The summed E-state index contributed by atoms with van der Waals surface area (Å²) >= 11 is 0. The second-order valence-corrected chi connectivity index (χ2v) is 10.4. The minimum atomic E-state index is -0.680. The molecule has 2 aromatic carbocycles. The number of benzene rings is 2. The summed E-state index contributed by atoms with van der Waals surface area (Å²) in [7, 11) is 0. The average molecular weight is 507 g/mol. The molecular formula is C29H38N4O4. The predicted molar refractivity (Wildman–Crippen MR) is 143 cm³/mol. The highest BCUT2D eigenvalue weighted by molar-refractivity contribution is 5.90. The minimum Gasteiger partial charge on any atom is -0.450 e. The van der Waals surface area contributed by atoms with Gasteiger partial charge in [-0.3, -0.25) is 4.79 Å². The maximum atomic E-state index is 13.5. The van der Waals surface area contributed by atoms with E-state index in [1.54, 1.807) is 6.92 Å². The molecule has 0 aromatic heterocycles. The van der Waals surface area contributed by atoms with Crippen molar-refractivity contribution in [1.82, 2.24) is 15.1 Å². The van der Waals surface area contributed by atoms with Gasteiger partial charge in [-0.2, -0.15) is 0 Å². The smallest absolute Gasteiger partial charge is 0.407 e. The summed E-state index contributed by atoms with van der Waals surface area (Å²) in [6, 6.07) is 14.9. The van der Waals surface area contributed by atoms with Gasteiger partial charge in [0.2, 0.25) is 5.91 Å². The van der Waals surface area contributed by atoms with Crippen molar-refractivity contribution in [1.29, 1.82) is 0 Å². The van der Waals surface area contributed by atoms with E-state index in [0.717, 1.165) is 36.1 Å². The SMILES string of the molecule is CCOC(=O)N[C@@H](Cc1ccccc1)C(=O)N1CCC2(CCN(C(=O)Nc3ccc(C)cc3C)CC2)C1. The van der Waals surface area contributed by atoms with Crippen LogP contribution < -0.4 is 10.6 Å². The first-order chi connectivity index (χ1) is 17.8. The molecule has 0 unspecified atom stereocenters. The Kier molecular flexibility index (Phi) is 8.36. The summed E-state index contributed by atoms with van der Waals surface area (Å²) in [5, 5.41) is 5.82. The number of piperidine rings is 1. The van der Waals surface area contributed by atoms with Crippen LogP contribution in [0.1, 0.15) is 42.9 Å². The second kappa shape index (κ2) is 11.7. The lowest BCUT2D eigenvalue weighted by Crippen LogP contribution is -2.50. The fourth-order valence-corrected chi connectivity index (χ4v) is 5.45. The molecule has 198 valence electrons. The molecule has 0 aliphatic carbocycles. The van der Waals surface area contributed by atoms with Crippen molar-refractivity contribution >= 4 is 23.7 Å².